The molecule has 1 N–H and O–H groups in total. The van der Waals surface area contributed by atoms with E-state index in [1.807, 2.05) is 36.4 Å². The molecule has 0 bridgehead atoms. The Hall–Kier alpha value is -2.62. The number of hydrogen-bond donors (Lipinski definition) is 1. The molecule has 4 heteroatoms. The second kappa shape index (κ2) is 10.6. The molecule has 0 atom stereocenters. The van der Waals surface area contributed by atoms with Crippen molar-refractivity contribution >= 4 is 16.9 Å². The Balaban J connectivity index is 1.52. The van der Waals surface area contributed by atoms with Gasteiger partial charge in [-0.25, -0.2) is 4.98 Å². The summed E-state index contributed by atoms with van der Waals surface area (Å²) < 4.78 is 2.37. The van der Waals surface area contributed by atoms with E-state index in [4.69, 9.17) is 4.98 Å². The lowest BCUT2D eigenvalue weighted by atomic mass is 10.1. The molecule has 1 amide bonds. The van der Waals surface area contributed by atoms with E-state index in [0.29, 0.717) is 13.0 Å². The number of benzene rings is 2. The molecule has 0 spiro atoms. The Kier molecular flexibility index (Phi) is 7.65. The number of carbonyl (C=O) groups is 1. The monoisotopic (exact) mass is 377 g/mol. The van der Waals surface area contributed by atoms with Crippen molar-refractivity contribution in [2.24, 2.45) is 0 Å². The lowest BCUT2D eigenvalue weighted by molar-refractivity contribution is -0.120. The molecule has 0 radical (unpaired) electrons. The van der Waals surface area contributed by atoms with Crippen LogP contribution in [0, 0.1) is 0 Å². The summed E-state index contributed by atoms with van der Waals surface area (Å²) in [5.74, 6) is 1.22. The van der Waals surface area contributed by atoms with Gasteiger partial charge in [-0.15, -0.1) is 0 Å². The summed E-state index contributed by atoms with van der Waals surface area (Å²) in [6.07, 6.45) is 7.21. The lowest BCUT2D eigenvalue weighted by Crippen LogP contribution is -2.26. The molecular weight excluding hydrogens is 346 g/mol. The molecule has 0 aliphatic heterocycles. The van der Waals surface area contributed by atoms with Crippen LogP contribution in [-0.4, -0.2) is 22.0 Å². The molecule has 1 heterocycles. The summed E-state index contributed by atoms with van der Waals surface area (Å²) in [5.41, 5.74) is 3.34. The fourth-order valence-electron chi connectivity index (χ4n) is 3.58. The first-order valence-corrected chi connectivity index (χ1v) is 10.5. The molecule has 0 unspecified atom stereocenters. The number of nitrogens with zero attached hydrogens (tertiary/aromatic N) is 2. The topological polar surface area (TPSA) is 46.9 Å². The van der Waals surface area contributed by atoms with Gasteiger partial charge in [0.1, 0.15) is 5.82 Å². The third-order valence-electron chi connectivity index (χ3n) is 5.08. The van der Waals surface area contributed by atoms with Crippen molar-refractivity contribution in [3.05, 3.63) is 66.0 Å². The minimum atomic E-state index is 0.0827. The quantitative estimate of drug-likeness (QED) is 0.483. The fraction of sp³-hybridized carbons (Fsp3) is 0.417. The second-order valence-corrected chi connectivity index (χ2v) is 7.34. The van der Waals surface area contributed by atoms with Gasteiger partial charge in [-0.05, 0) is 30.5 Å². The predicted octanol–water partition coefficient (Wildman–Crippen LogP) is 4.91. The molecular formula is C24H31N3O. The number of carbonyl (C=O) groups excluding carboxylic acids is 1. The first-order valence-electron chi connectivity index (χ1n) is 10.5. The van der Waals surface area contributed by atoms with Crippen LogP contribution in [-0.2, 0) is 24.2 Å². The number of unbranched alkanes of at least 4 members (excludes halogenated alkanes) is 3. The Labute approximate surface area is 168 Å². The minimum Gasteiger partial charge on any atom is -0.356 e. The van der Waals surface area contributed by atoms with Crippen molar-refractivity contribution in [2.75, 3.05) is 6.54 Å². The Morgan fingerprint density at radius 1 is 0.964 bits per heavy atom. The zero-order chi connectivity index (χ0) is 19.6. The van der Waals surface area contributed by atoms with Crippen molar-refractivity contribution in [3.63, 3.8) is 0 Å². The Bertz CT molecular complexity index is 870. The van der Waals surface area contributed by atoms with Crippen LogP contribution in [0.15, 0.2) is 54.6 Å². The van der Waals surface area contributed by atoms with Gasteiger partial charge in [0.15, 0.2) is 0 Å². The highest BCUT2D eigenvalue weighted by molar-refractivity contribution is 5.78. The molecule has 148 valence electrons. The van der Waals surface area contributed by atoms with Crippen LogP contribution in [0.5, 0.6) is 0 Å². The third kappa shape index (κ3) is 5.69. The number of hydrogen-bond acceptors (Lipinski definition) is 2. The summed E-state index contributed by atoms with van der Waals surface area (Å²) >= 11 is 0. The molecule has 0 saturated carbocycles. The van der Waals surface area contributed by atoms with Gasteiger partial charge < -0.3 is 9.88 Å². The normalized spacial score (nSPS) is 11.0. The molecule has 4 nitrogen and oxygen atoms in total. The molecule has 2 aromatic carbocycles. The standard InChI is InChI=1S/C24H31N3O/c1-2-3-4-10-18-27-22-15-9-8-14-21(22)26-23(27)16-11-17-25-24(28)19-20-12-6-5-7-13-20/h5-9,12-15H,2-4,10-11,16-19H2,1H3,(H,25,28). The summed E-state index contributed by atoms with van der Waals surface area (Å²) in [6, 6.07) is 18.2. The van der Waals surface area contributed by atoms with Crippen LogP contribution < -0.4 is 5.32 Å². The van der Waals surface area contributed by atoms with Crippen molar-refractivity contribution in [2.45, 2.75) is 58.4 Å². The van der Waals surface area contributed by atoms with Crippen molar-refractivity contribution in [3.8, 4) is 0 Å². The first kappa shape index (κ1) is 20.1. The van der Waals surface area contributed by atoms with E-state index in [1.165, 1.54) is 31.2 Å². The molecule has 28 heavy (non-hydrogen) atoms. The number of amides is 1. The smallest absolute Gasteiger partial charge is 0.224 e. The molecule has 0 fully saturated rings. The maximum atomic E-state index is 12.1. The van der Waals surface area contributed by atoms with Gasteiger partial charge in [-0.1, -0.05) is 68.7 Å². The molecule has 1 aromatic heterocycles. The van der Waals surface area contributed by atoms with E-state index in [2.05, 4.69) is 35.0 Å². The number of fused-ring (bicyclic) bond motifs is 1. The molecule has 0 saturated heterocycles. The van der Waals surface area contributed by atoms with Gasteiger partial charge in [0.25, 0.3) is 0 Å². The van der Waals surface area contributed by atoms with E-state index in [1.54, 1.807) is 0 Å². The fourth-order valence-corrected chi connectivity index (χ4v) is 3.58. The van der Waals surface area contributed by atoms with E-state index in [9.17, 15) is 4.79 Å². The van der Waals surface area contributed by atoms with Crippen LogP contribution in [0.2, 0.25) is 0 Å². The second-order valence-electron chi connectivity index (χ2n) is 7.34. The maximum Gasteiger partial charge on any atom is 0.224 e. The van der Waals surface area contributed by atoms with Crippen LogP contribution in [0.1, 0.15) is 50.4 Å². The van der Waals surface area contributed by atoms with Crippen LogP contribution in [0.4, 0.5) is 0 Å². The number of aromatic nitrogens is 2. The highest BCUT2D eigenvalue weighted by Gasteiger charge is 2.10. The van der Waals surface area contributed by atoms with E-state index in [0.717, 1.165) is 36.3 Å². The number of para-hydroxylation sites is 2. The largest absolute Gasteiger partial charge is 0.356 e. The van der Waals surface area contributed by atoms with Crippen LogP contribution >= 0.6 is 0 Å². The van der Waals surface area contributed by atoms with Gasteiger partial charge in [0.05, 0.1) is 17.5 Å². The predicted molar refractivity (Wildman–Crippen MR) is 115 cm³/mol. The summed E-state index contributed by atoms with van der Waals surface area (Å²) in [7, 11) is 0. The summed E-state index contributed by atoms with van der Waals surface area (Å²) in [5, 5.41) is 3.04. The maximum absolute atomic E-state index is 12.1. The zero-order valence-corrected chi connectivity index (χ0v) is 16.9. The first-order chi connectivity index (χ1) is 13.8. The van der Waals surface area contributed by atoms with Gasteiger partial charge in [-0.3, -0.25) is 4.79 Å². The van der Waals surface area contributed by atoms with Crippen molar-refractivity contribution < 1.29 is 4.79 Å². The SMILES string of the molecule is CCCCCCn1c(CCCNC(=O)Cc2ccccc2)nc2ccccc21. The van der Waals surface area contributed by atoms with E-state index < -0.39 is 0 Å². The number of aryl methyl sites for hydroxylation is 2. The summed E-state index contributed by atoms with van der Waals surface area (Å²) in [4.78, 5) is 16.9. The minimum absolute atomic E-state index is 0.0827. The van der Waals surface area contributed by atoms with Gasteiger partial charge in [0.2, 0.25) is 5.91 Å². The molecule has 0 aliphatic rings. The van der Waals surface area contributed by atoms with Crippen molar-refractivity contribution in [1.82, 2.24) is 14.9 Å². The van der Waals surface area contributed by atoms with Crippen molar-refractivity contribution in [1.29, 1.82) is 0 Å². The van der Waals surface area contributed by atoms with E-state index >= 15 is 0 Å². The number of rotatable bonds is 11. The molecule has 0 aliphatic carbocycles. The Morgan fingerprint density at radius 3 is 2.57 bits per heavy atom. The van der Waals surface area contributed by atoms with Gasteiger partial charge in [-0.2, -0.15) is 0 Å². The molecule has 3 aromatic rings. The average molecular weight is 378 g/mol. The highest BCUT2D eigenvalue weighted by Crippen LogP contribution is 2.18. The average Bonchev–Trinajstić information content (AvgIpc) is 3.07. The van der Waals surface area contributed by atoms with Crippen LogP contribution in [0.25, 0.3) is 11.0 Å². The lowest BCUT2D eigenvalue weighted by Gasteiger charge is -2.10. The zero-order valence-electron chi connectivity index (χ0n) is 16.9. The molecule has 3 rings (SSSR count). The Morgan fingerprint density at radius 2 is 1.75 bits per heavy atom. The number of imidazole rings is 1. The van der Waals surface area contributed by atoms with Gasteiger partial charge >= 0.3 is 0 Å². The third-order valence-corrected chi connectivity index (χ3v) is 5.08. The number of nitrogens with one attached hydrogen (secondary N) is 1. The van der Waals surface area contributed by atoms with Gasteiger partial charge in [0, 0.05) is 19.5 Å². The van der Waals surface area contributed by atoms with Crippen LogP contribution in [0.3, 0.4) is 0 Å². The van der Waals surface area contributed by atoms with E-state index in [-0.39, 0.29) is 5.91 Å². The summed E-state index contributed by atoms with van der Waals surface area (Å²) in [6.45, 7) is 3.95. The highest BCUT2D eigenvalue weighted by atomic mass is 16.1.